The molecule has 1 N–H and O–H groups in total. The summed E-state index contributed by atoms with van der Waals surface area (Å²) in [5.41, 5.74) is 0.798. The van der Waals surface area contributed by atoms with Crippen molar-refractivity contribution in [3.63, 3.8) is 0 Å². The van der Waals surface area contributed by atoms with Crippen molar-refractivity contribution in [3.8, 4) is 11.4 Å². The predicted octanol–water partition coefficient (Wildman–Crippen LogP) is 2.23. The second-order valence-electron chi connectivity index (χ2n) is 6.39. The first-order valence-electron chi connectivity index (χ1n) is 7.08. The van der Waals surface area contributed by atoms with Gasteiger partial charge in [0.1, 0.15) is 0 Å². The molecule has 1 heterocycles. The number of aromatic nitrogens is 2. The molecule has 2 aromatic rings. The lowest BCUT2D eigenvalue weighted by Gasteiger charge is -2.17. The fraction of sp³-hybridized carbons (Fsp3) is 0.400. The van der Waals surface area contributed by atoms with E-state index in [2.05, 4.69) is 19.4 Å². The zero-order chi connectivity index (χ0) is 17.1. The molecule has 2 rings (SSSR count). The van der Waals surface area contributed by atoms with Crippen LogP contribution in [-0.2, 0) is 10.0 Å². The summed E-state index contributed by atoms with van der Waals surface area (Å²) in [6.45, 7) is 5.84. The Morgan fingerprint density at radius 2 is 1.87 bits per heavy atom. The topological polar surface area (TPSA) is 102 Å². The lowest BCUT2D eigenvalue weighted by atomic mass is 9.94. The molecule has 1 aromatic heterocycles. The van der Waals surface area contributed by atoms with Gasteiger partial charge in [0, 0.05) is 11.1 Å². The Kier molecular flexibility index (Phi) is 4.84. The van der Waals surface area contributed by atoms with Crippen molar-refractivity contribution in [2.45, 2.75) is 27.2 Å². The number of nitrogens with one attached hydrogen (secondary N) is 1. The molecular weight excluding hydrogens is 318 g/mol. The number of carbonyl (C=O) groups is 1. The largest absolute Gasteiger partial charge is 0.342 e. The molecule has 1 amide bonds. The van der Waals surface area contributed by atoms with Crippen LogP contribution in [0.3, 0.4) is 0 Å². The van der Waals surface area contributed by atoms with E-state index in [9.17, 15) is 13.2 Å². The summed E-state index contributed by atoms with van der Waals surface area (Å²) in [5, 5.41) is 3.69. The van der Waals surface area contributed by atoms with Crippen LogP contribution in [0.2, 0.25) is 0 Å². The summed E-state index contributed by atoms with van der Waals surface area (Å²) in [6, 6.07) is 6.28. The lowest BCUT2D eigenvalue weighted by Crippen LogP contribution is -2.33. The van der Waals surface area contributed by atoms with Crippen molar-refractivity contribution in [1.29, 1.82) is 0 Å². The molecule has 0 aliphatic carbocycles. The molecule has 0 unspecified atom stereocenters. The third-order valence-electron chi connectivity index (χ3n) is 3.14. The van der Waals surface area contributed by atoms with Crippen LogP contribution in [-0.4, -0.2) is 30.2 Å². The number of benzene rings is 1. The van der Waals surface area contributed by atoms with E-state index >= 15 is 0 Å². The van der Waals surface area contributed by atoms with Crippen molar-refractivity contribution in [2.75, 3.05) is 5.75 Å². The van der Waals surface area contributed by atoms with Gasteiger partial charge in [0.05, 0.1) is 5.75 Å². The van der Waals surface area contributed by atoms with Gasteiger partial charge < -0.3 is 4.52 Å². The number of carbonyl (C=O) groups excluding carboxylic acids is 1. The molecular formula is C15H19N3O4S. The van der Waals surface area contributed by atoms with E-state index in [1.54, 1.807) is 12.1 Å². The van der Waals surface area contributed by atoms with E-state index < -0.39 is 15.9 Å². The molecule has 0 aliphatic heterocycles. The van der Waals surface area contributed by atoms with Crippen LogP contribution < -0.4 is 4.72 Å². The van der Waals surface area contributed by atoms with Crippen molar-refractivity contribution in [1.82, 2.24) is 14.9 Å². The first kappa shape index (κ1) is 17.1. The molecule has 8 heteroatoms. The maximum absolute atomic E-state index is 12.0. The molecule has 0 bridgehead atoms. The van der Waals surface area contributed by atoms with Crippen LogP contribution in [0.5, 0.6) is 0 Å². The average molecular weight is 337 g/mol. The Balaban J connectivity index is 2.03. The SMILES string of the molecule is CC(C)(C)CCS(=O)(=O)NC(=O)c1ccc(-c2ncon2)cc1. The standard InChI is InChI=1S/C15H19N3O4S/c1-15(2,3)8-9-23(20,21)18-14(19)12-6-4-11(5-7-12)13-16-10-22-17-13/h4-7,10H,8-9H2,1-3H3,(H,18,19). The molecule has 0 atom stereocenters. The van der Waals surface area contributed by atoms with Gasteiger partial charge in [-0.3, -0.25) is 4.79 Å². The van der Waals surface area contributed by atoms with Crippen LogP contribution >= 0.6 is 0 Å². The number of sulfonamides is 1. The second-order valence-corrected chi connectivity index (χ2v) is 8.23. The van der Waals surface area contributed by atoms with Crippen molar-refractivity contribution >= 4 is 15.9 Å². The predicted molar refractivity (Wildman–Crippen MR) is 85.1 cm³/mol. The normalized spacial score (nSPS) is 12.1. The Hall–Kier alpha value is -2.22. The summed E-state index contributed by atoms with van der Waals surface area (Å²) in [4.78, 5) is 15.9. The van der Waals surface area contributed by atoms with Gasteiger partial charge in [0.2, 0.25) is 22.2 Å². The van der Waals surface area contributed by atoms with Gasteiger partial charge >= 0.3 is 0 Å². The molecule has 0 radical (unpaired) electrons. The van der Waals surface area contributed by atoms with Gasteiger partial charge in [0.25, 0.3) is 5.91 Å². The summed E-state index contributed by atoms with van der Waals surface area (Å²) >= 11 is 0. The first-order chi connectivity index (χ1) is 10.7. The van der Waals surface area contributed by atoms with E-state index in [-0.39, 0.29) is 16.7 Å². The molecule has 124 valence electrons. The smallest absolute Gasteiger partial charge is 0.264 e. The fourth-order valence-electron chi connectivity index (χ4n) is 1.76. The maximum Gasteiger partial charge on any atom is 0.264 e. The Morgan fingerprint density at radius 3 is 2.39 bits per heavy atom. The van der Waals surface area contributed by atoms with Crippen molar-refractivity contribution in [3.05, 3.63) is 36.2 Å². The molecule has 0 saturated heterocycles. The first-order valence-corrected chi connectivity index (χ1v) is 8.73. The van der Waals surface area contributed by atoms with Crippen LogP contribution in [0.1, 0.15) is 37.6 Å². The van der Waals surface area contributed by atoms with Crippen molar-refractivity contribution in [2.24, 2.45) is 5.41 Å². The molecule has 1 aromatic carbocycles. The monoisotopic (exact) mass is 337 g/mol. The fourth-order valence-corrected chi connectivity index (χ4v) is 3.14. The van der Waals surface area contributed by atoms with E-state index in [4.69, 9.17) is 0 Å². The number of hydrogen-bond donors (Lipinski definition) is 1. The molecule has 0 saturated carbocycles. The lowest BCUT2D eigenvalue weighted by molar-refractivity contribution is 0.0981. The second kappa shape index (κ2) is 6.49. The van der Waals surface area contributed by atoms with Crippen LogP contribution in [0.25, 0.3) is 11.4 Å². The van der Waals surface area contributed by atoms with Gasteiger partial charge in [-0.25, -0.2) is 13.1 Å². The van der Waals surface area contributed by atoms with Crippen LogP contribution in [0.15, 0.2) is 35.2 Å². The Labute approximate surface area is 135 Å². The van der Waals surface area contributed by atoms with E-state index in [1.807, 2.05) is 20.8 Å². The molecule has 0 fully saturated rings. The van der Waals surface area contributed by atoms with Gasteiger partial charge in [-0.1, -0.05) is 38.1 Å². The van der Waals surface area contributed by atoms with Crippen LogP contribution in [0, 0.1) is 5.41 Å². The Bertz CT molecular complexity index is 760. The highest BCUT2D eigenvalue weighted by molar-refractivity contribution is 7.90. The Morgan fingerprint density at radius 1 is 1.22 bits per heavy atom. The van der Waals surface area contributed by atoms with E-state index in [0.29, 0.717) is 17.8 Å². The molecule has 7 nitrogen and oxygen atoms in total. The summed E-state index contributed by atoms with van der Waals surface area (Å²) in [5.74, 6) is -0.350. The average Bonchev–Trinajstić information content (AvgIpc) is 2.98. The van der Waals surface area contributed by atoms with Gasteiger partial charge in [-0.05, 0) is 24.0 Å². The number of nitrogens with zero attached hydrogens (tertiary/aromatic N) is 2. The third kappa shape index (κ3) is 5.17. The highest BCUT2D eigenvalue weighted by Crippen LogP contribution is 2.19. The third-order valence-corrected chi connectivity index (χ3v) is 4.37. The number of amides is 1. The summed E-state index contributed by atoms with van der Waals surface area (Å²) in [7, 11) is -3.65. The van der Waals surface area contributed by atoms with Crippen LogP contribution in [0.4, 0.5) is 0 Å². The highest BCUT2D eigenvalue weighted by atomic mass is 32.2. The summed E-state index contributed by atoms with van der Waals surface area (Å²) < 4.78 is 30.6. The molecule has 0 aliphatic rings. The minimum Gasteiger partial charge on any atom is -0.342 e. The number of rotatable bonds is 5. The van der Waals surface area contributed by atoms with Gasteiger partial charge in [0.15, 0.2) is 0 Å². The van der Waals surface area contributed by atoms with Gasteiger partial charge in [-0.2, -0.15) is 4.98 Å². The zero-order valence-corrected chi connectivity index (χ0v) is 14.1. The van der Waals surface area contributed by atoms with Crippen molar-refractivity contribution < 1.29 is 17.7 Å². The quantitative estimate of drug-likeness (QED) is 0.897. The minimum absolute atomic E-state index is 0.0941. The number of hydrogen-bond acceptors (Lipinski definition) is 6. The minimum atomic E-state index is -3.65. The molecule has 23 heavy (non-hydrogen) atoms. The van der Waals surface area contributed by atoms with Gasteiger partial charge in [-0.15, -0.1) is 0 Å². The maximum atomic E-state index is 12.0. The highest BCUT2D eigenvalue weighted by Gasteiger charge is 2.20. The van der Waals surface area contributed by atoms with E-state index in [0.717, 1.165) is 0 Å². The molecule has 0 spiro atoms. The summed E-state index contributed by atoms with van der Waals surface area (Å²) in [6.07, 6.45) is 1.67. The van der Waals surface area contributed by atoms with E-state index in [1.165, 1.54) is 18.5 Å². The zero-order valence-electron chi connectivity index (χ0n) is 13.2.